The molecule has 1 aromatic heterocycles. The topological polar surface area (TPSA) is 104 Å². The van der Waals surface area contributed by atoms with Gasteiger partial charge in [0.1, 0.15) is 17.5 Å². The zero-order chi connectivity index (χ0) is 19.3. The van der Waals surface area contributed by atoms with E-state index in [9.17, 15) is 18.3 Å². The van der Waals surface area contributed by atoms with Crippen LogP contribution in [0.1, 0.15) is 23.0 Å². The van der Waals surface area contributed by atoms with Gasteiger partial charge in [-0.2, -0.15) is 5.01 Å². The fraction of sp³-hybridized carbons (Fsp3) is 0.375. The van der Waals surface area contributed by atoms with Gasteiger partial charge in [0.05, 0.1) is 6.20 Å². The molecule has 140 valence electrons. The lowest BCUT2D eigenvalue weighted by Crippen LogP contribution is -2.64. The summed E-state index contributed by atoms with van der Waals surface area (Å²) in [7, 11) is -2.83. The number of hydrogen-bond acceptors (Lipinski definition) is 8. The number of Topliss-reactive ketones (excluding diaryl/α,β-unsaturated/α-hetero) is 1. The monoisotopic (exact) mass is 399 g/mol. The summed E-state index contributed by atoms with van der Waals surface area (Å²) < 4.78 is 30.0. The van der Waals surface area contributed by atoms with E-state index in [1.54, 1.807) is 18.2 Å². The fourth-order valence-corrected chi connectivity index (χ4v) is 5.90. The molecule has 1 saturated heterocycles. The van der Waals surface area contributed by atoms with Gasteiger partial charge in [0.15, 0.2) is 22.0 Å². The Labute approximate surface area is 156 Å². The molecule has 0 saturated carbocycles. The van der Waals surface area contributed by atoms with Crippen LogP contribution >= 0.6 is 11.8 Å². The molecule has 1 fully saturated rings. The molecule has 2 heterocycles. The van der Waals surface area contributed by atoms with Gasteiger partial charge in [-0.1, -0.05) is 30.3 Å². The molecule has 0 radical (unpaired) electrons. The molecule has 8 nitrogen and oxygen atoms in total. The first-order valence-corrected chi connectivity index (χ1v) is 9.88. The molecule has 0 spiro atoms. The van der Waals surface area contributed by atoms with Gasteiger partial charge in [-0.3, -0.25) is 4.79 Å². The normalized spacial score (nSPS) is 30.6. The number of hydrazine groups is 1. The lowest BCUT2D eigenvalue weighted by Gasteiger charge is -2.40. The van der Waals surface area contributed by atoms with Crippen LogP contribution in [0.2, 0.25) is 0 Å². The first-order valence-electron chi connectivity index (χ1n) is 7.65. The largest absolute Gasteiger partial charge is 0.446 e. The van der Waals surface area contributed by atoms with Crippen molar-refractivity contribution in [2.45, 2.75) is 23.4 Å². The Balaban J connectivity index is 2.40. The average molecular weight is 400 g/mol. The number of aliphatic hydroxyl groups excluding tert-OH is 1. The van der Waals surface area contributed by atoms with Crippen molar-refractivity contribution >= 4 is 27.4 Å². The van der Waals surface area contributed by atoms with Gasteiger partial charge in [-0.15, -0.1) is 4.53 Å². The van der Waals surface area contributed by atoms with Crippen molar-refractivity contribution in [2.75, 3.05) is 13.3 Å². The molecule has 1 aromatic carbocycles. The molecular formula is C16H18ClN3O5S. The highest BCUT2D eigenvalue weighted by Crippen LogP contribution is 2.54. The van der Waals surface area contributed by atoms with Crippen LogP contribution in [0.5, 0.6) is 0 Å². The van der Waals surface area contributed by atoms with E-state index in [-0.39, 0.29) is 11.3 Å². The van der Waals surface area contributed by atoms with E-state index >= 15 is 0 Å². The van der Waals surface area contributed by atoms with Gasteiger partial charge >= 0.3 is 0 Å². The highest BCUT2D eigenvalue weighted by molar-refractivity contribution is 7.93. The maximum absolute atomic E-state index is 13.5. The number of aliphatic hydroxyl groups is 1. The van der Waals surface area contributed by atoms with E-state index in [0.29, 0.717) is 0 Å². The van der Waals surface area contributed by atoms with Crippen molar-refractivity contribution in [3.8, 4) is 0 Å². The number of hydrogen-bond donors (Lipinski definition) is 1. The van der Waals surface area contributed by atoms with Crippen molar-refractivity contribution < 1.29 is 22.7 Å². The number of carbonyl (C=O) groups is 1. The number of ketones is 1. The van der Waals surface area contributed by atoms with Crippen LogP contribution in [0.4, 0.5) is 0 Å². The zero-order valence-electron chi connectivity index (χ0n) is 14.3. The fourth-order valence-electron chi connectivity index (χ4n) is 3.66. The van der Waals surface area contributed by atoms with Gasteiger partial charge in [-0.05, 0) is 18.7 Å². The van der Waals surface area contributed by atoms with Crippen LogP contribution < -0.4 is 0 Å². The van der Waals surface area contributed by atoms with Crippen LogP contribution in [-0.4, -0.2) is 58.1 Å². The molecular weight excluding hydrogens is 382 g/mol. The first-order chi connectivity index (χ1) is 12.1. The van der Waals surface area contributed by atoms with Gasteiger partial charge < -0.3 is 9.52 Å². The molecule has 1 aliphatic rings. The summed E-state index contributed by atoms with van der Waals surface area (Å²) in [5, 5.41) is 12.0. The molecule has 3 rings (SSSR count). The van der Waals surface area contributed by atoms with E-state index in [2.05, 4.69) is 4.98 Å². The van der Waals surface area contributed by atoms with Crippen molar-refractivity contribution in [3.63, 3.8) is 0 Å². The summed E-state index contributed by atoms with van der Waals surface area (Å²) in [6.45, 7) is 1.43. The molecule has 3 unspecified atom stereocenters. The summed E-state index contributed by atoms with van der Waals surface area (Å²) in [6.07, 6.45) is 1.53. The first kappa shape index (κ1) is 19.0. The van der Waals surface area contributed by atoms with Crippen LogP contribution in [0.3, 0.4) is 0 Å². The predicted octanol–water partition coefficient (Wildman–Crippen LogP) is 1.19. The molecule has 3 atom stereocenters. The number of sulfone groups is 1. The second-order valence-corrected chi connectivity index (χ2v) is 8.86. The van der Waals surface area contributed by atoms with E-state index in [1.807, 2.05) is 0 Å². The minimum Gasteiger partial charge on any atom is -0.446 e. The Morgan fingerprint density at radius 1 is 1.35 bits per heavy atom. The average Bonchev–Trinajstić information content (AvgIpc) is 3.19. The summed E-state index contributed by atoms with van der Waals surface area (Å²) in [4.78, 5) is 17.3. The third-order valence-corrected chi connectivity index (χ3v) is 7.50. The Morgan fingerprint density at radius 2 is 1.96 bits per heavy atom. The highest BCUT2D eigenvalue weighted by atomic mass is 35.5. The Morgan fingerprint density at radius 3 is 2.46 bits per heavy atom. The van der Waals surface area contributed by atoms with E-state index < -0.39 is 32.1 Å². The van der Waals surface area contributed by atoms with E-state index in [1.165, 1.54) is 32.3 Å². The summed E-state index contributed by atoms with van der Waals surface area (Å²) >= 11 is 6.37. The van der Waals surface area contributed by atoms with Crippen LogP contribution in [0.25, 0.3) is 0 Å². The number of nitrogens with zero attached hydrogens (tertiary/aromatic N) is 3. The smallest absolute Gasteiger partial charge is 0.203 e. The second kappa shape index (κ2) is 6.14. The number of rotatable bonds is 4. The standard InChI is InChI=1S/C16H18ClN3O5S/c1-15(12-9-18-10-25-12)16(26(3,23)24,14(22)19(2)20(15)17)13(21)11-7-5-4-6-8-11/h4-10,14,22H,1-3H3. The Hall–Kier alpha value is -1.78. The molecule has 10 heteroatoms. The summed E-state index contributed by atoms with van der Waals surface area (Å²) in [5.41, 5.74) is -1.62. The van der Waals surface area contributed by atoms with E-state index in [4.69, 9.17) is 16.2 Å². The predicted molar refractivity (Wildman–Crippen MR) is 93.7 cm³/mol. The lowest BCUT2D eigenvalue weighted by atomic mass is 9.78. The van der Waals surface area contributed by atoms with Gasteiger partial charge in [-0.25, -0.2) is 13.4 Å². The van der Waals surface area contributed by atoms with Gasteiger partial charge in [0.25, 0.3) is 0 Å². The van der Waals surface area contributed by atoms with Crippen LogP contribution in [0.15, 0.2) is 47.3 Å². The molecule has 0 aliphatic carbocycles. The number of halogens is 1. The number of benzene rings is 1. The molecule has 26 heavy (non-hydrogen) atoms. The minimum absolute atomic E-state index is 0.0330. The molecule has 1 aliphatic heterocycles. The second-order valence-electron chi connectivity index (χ2n) is 6.35. The summed E-state index contributed by atoms with van der Waals surface area (Å²) in [5.74, 6) is -0.757. The highest BCUT2D eigenvalue weighted by Gasteiger charge is 2.76. The number of aromatic nitrogens is 1. The minimum atomic E-state index is -4.22. The van der Waals surface area contributed by atoms with Crippen molar-refractivity contribution in [2.24, 2.45) is 0 Å². The third-order valence-electron chi connectivity index (χ3n) is 4.96. The van der Waals surface area contributed by atoms with Gasteiger partial charge in [0, 0.05) is 18.9 Å². The maximum Gasteiger partial charge on any atom is 0.203 e. The lowest BCUT2D eigenvalue weighted by molar-refractivity contribution is -0.0343. The Bertz CT molecular complexity index is 921. The number of oxazole rings is 1. The van der Waals surface area contributed by atoms with Crippen LogP contribution in [-0.2, 0) is 15.4 Å². The summed E-state index contributed by atoms with van der Waals surface area (Å²) in [6, 6.07) is 7.89. The van der Waals surface area contributed by atoms with Crippen LogP contribution in [0, 0.1) is 0 Å². The van der Waals surface area contributed by atoms with Crippen molar-refractivity contribution in [1.29, 1.82) is 0 Å². The third kappa shape index (κ3) is 2.21. The maximum atomic E-state index is 13.5. The van der Waals surface area contributed by atoms with Crippen molar-refractivity contribution in [1.82, 2.24) is 14.5 Å². The Kier molecular flexibility index (Phi) is 4.48. The quantitative estimate of drug-likeness (QED) is 0.604. The van der Waals surface area contributed by atoms with E-state index in [0.717, 1.165) is 22.2 Å². The van der Waals surface area contributed by atoms with Crippen molar-refractivity contribution in [3.05, 3.63) is 54.2 Å². The van der Waals surface area contributed by atoms with Gasteiger partial charge in [0.2, 0.25) is 4.75 Å². The molecule has 0 bridgehead atoms. The number of carbonyl (C=O) groups excluding carboxylic acids is 1. The SMILES string of the molecule is CN1C(O)C(C(=O)c2ccccc2)(S(C)(=O)=O)C(C)(c2cnco2)N1Cl. The molecule has 1 N–H and O–H groups in total. The molecule has 0 amide bonds. The zero-order valence-corrected chi connectivity index (χ0v) is 15.9. The molecule has 2 aromatic rings.